The van der Waals surface area contributed by atoms with Gasteiger partial charge in [0.1, 0.15) is 0 Å². The van der Waals surface area contributed by atoms with Crippen LogP contribution in [-0.2, 0) is 0 Å². The molecule has 3 rings (SSSR count). The molecule has 0 radical (unpaired) electrons. The molecule has 0 saturated heterocycles. The molecule has 0 aliphatic heterocycles. The fourth-order valence-electron chi connectivity index (χ4n) is 2.48. The van der Waals surface area contributed by atoms with Gasteiger partial charge in [0.15, 0.2) is 0 Å². The quantitative estimate of drug-likeness (QED) is 0.893. The van der Waals surface area contributed by atoms with Crippen molar-refractivity contribution in [1.29, 1.82) is 0 Å². The molecule has 1 aromatic rings. The minimum atomic E-state index is -0.102. The van der Waals surface area contributed by atoms with E-state index in [9.17, 15) is 4.79 Å². The Kier molecular flexibility index (Phi) is 2.58. The van der Waals surface area contributed by atoms with Crippen LogP contribution in [0.15, 0.2) is 18.5 Å². The molecule has 4 heteroatoms. The van der Waals surface area contributed by atoms with Gasteiger partial charge >= 0.3 is 0 Å². The molecule has 0 aromatic carbocycles. The summed E-state index contributed by atoms with van der Waals surface area (Å²) >= 11 is 5.96. The van der Waals surface area contributed by atoms with Crippen molar-refractivity contribution in [3.8, 4) is 0 Å². The molecular formula is C13H15ClN2O. The molecule has 17 heavy (non-hydrogen) atoms. The van der Waals surface area contributed by atoms with E-state index in [4.69, 9.17) is 11.6 Å². The summed E-state index contributed by atoms with van der Waals surface area (Å²) in [5, 5.41) is 3.47. The van der Waals surface area contributed by atoms with Crippen molar-refractivity contribution in [2.75, 3.05) is 6.54 Å². The third-order valence-corrected chi connectivity index (χ3v) is 4.28. The highest BCUT2D eigenvalue weighted by molar-refractivity contribution is 6.33. The Labute approximate surface area is 106 Å². The maximum Gasteiger partial charge on any atom is 0.254 e. The highest BCUT2D eigenvalue weighted by Gasteiger charge is 2.53. The molecule has 0 bridgehead atoms. The second kappa shape index (κ2) is 3.98. The van der Waals surface area contributed by atoms with Crippen LogP contribution < -0.4 is 5.32 Å². The summed E-state index contributed by atoms with van der Waals surface area (Å²) in [4.78, 5) is 15.9. The van der Waals surface area contributed by atoms with Gasteiger partial charge in [-0.05, 0) is 43.1 Å². The number of halogens is 1. The minimum Gasteiger partial charge on any atom is -0.351 e. The number of carbonyl (C=O) groups excluding carboxylic acids is 1. The second-order valence-corrected chi connectivity index (χ2v) is 5.58. The number of hydrogen-bond donors (Lipinski definition) is 1. The van der Waals surface area contributed by atoms with Gasteiger partial charge in [-0.15, -0.1) is 0 Å². The molecular weight excluding hydrogens is 236 g/mol. The first-order chi connectivity index (χ1) is 8.21. The van der Waals surface area contributed by atoms with Crippen molar-refractivity contribution in [2.45, 2.75) is 25.7 Å². The van der Waals surface area contributed by atoms with E-state index in [-0.39, 0.29) is 5.91 Å². The molecule has 2 fully saturated rings. The van der Waals surface area contributed by atoms with E-state index in [2.05, 4.69) is 10.3 Å². The number of amides is 1. The molecule has 1 heterocycles. The van der Waals surface area contributed by atoms with Gasteiger partial charge in [0, 0.05) is 18.9 Å². The zero-order valence-corrected chi connectivity index (χ0v) is 10.3. The van der Waals surface area contributed by atoms with Crippen molar-refractivity contribution in [2.24, 2.45) is 11.3 Å². The zero-order valence-electron chi connectivity index (χ0n) is 9.58. The van der Waals surface area contributed by atoms with Crippen LogP contribution >= 0.6 is 11.6 Å². The van der Waals surface area contributed by atoms with Gasteiger partial charge in [0.05, 0.1) is 10.6 Å². The zero-order chi connectivity index (χ0) is 11.9. The van der Waals surface area contributed by atoms with Gasteiger partial charge < -0.3 is 5.32 Å². The Morgan fingerprint density at radius 2 is 2.29 bits per heavy atom. The van der Waals surface area contributed by atoms with E-state index in [1.165, 1.54) is 31.9 Å². The average molecular weight is 251 g/mol. The molecule has 0 unspecified atom stereocenters. The smallest absolute Gasteiger partial charge is 0.254 e. The molecule has 2 aliphatic carbocycles. The number of carbonyl (C=O) groups is 1. The summed E-state index contributed by atoms with van der Waals surface area (Å²) in [6, 6.07) is 1.64. The third-order valence-electron chi connectivity index (χ3n) is 3.95. The largest absolute Gasteiger partial charge is 0.351 e. The normalized spacial score (nSPS) is 21.0. The summed E-state index contributed by atoms with van der Waals surface area (Å²) in [6.07, 6.45) is 8.31. The minimum absolute atomic E-state index is 0.102. The molecule has 0 spiro atoms. The monoisotopic (exact) mass is 250 g/mol. The van der Waals surface area contributed by atoms with Crippen molar-refractivity contribution < 1.29 is 4.79 Å². The van der Waals surface area contributed by atoms with E-state index < -0.39 is 0 Å². The van der Waals surface area contributed by atoms with Crippen LogP contribution in [0.4, 0.5) is 0 Å². The molecule has 3 nitrogen and oxygen atoms in total. The predicted octanol–water partition coefficient (Wildman–Crippen LogP) is 2.66. The topological polar surface area (TPSA) is 42.0 Å². The predicted molar refractivity (Wildman–Crippen MR) is 66.0 cm³/mol. The summed E-state index contributed by atoms with van der Waals surface area (Å²) < 4.78 is 0. The lowest BCUT2D eigenvalue weighted by Gasteiger charge is -2.15. The van der Waals surface area contributed by atoms with Crippen LogP contribution in [0.1, 0.15) is 36.0 Å². The number of rotatable bonds is 4. The van der Waals surface area contributed by atoms with Crippen LogP contribution in [0.2, 0.25) is 5.02 Å². The number of hydrogen-bond acceptors (Lipinski definition) is 2. The Hall–Kier alpha value is -1.09. The van der Waals surface area contributed by atoms with E-state index in [0.29, 0.717) is 16.0 Å². The summed E-state index contributed by atoms with van der Waals surface area (Å²) in [5.41, 5.74) is 0.894. The second-order valence-electron chi connectivity index (χ2n) is 5.17. The maximum absolute atomic E-state index is 11.9. The first kappa shape index (κ1) is 11.0. The Bertz CT molecular complexity index is 452. The first-order valence-electron chi connectivity index (χ1n) is 6.09. The lowest BCUT2D eigenvalue weighted by molar-refractivity contribution is 0.0942. The van der Waals surface area contributed by atoms with Crippen LogP contribution in [-0.4, -0.2) is 17.4 Å². The molecule has 1 N–H and O–H groups in total. The molecule has 0 atom stereocenters. The standard InChI is InChI=1S/C13H15ClN2O/c14-11-3-6-15-7-10(11)12(17)16-8-13(4-5-13)9-1-2-9/h3,6-7,9H,1-2,4-5,8H2,(H,16,17). The van der Waals surface area contributed by atoms with Crippen molar-refractivity contribution in [3.05, 3.63) is 29.0 Å². The molecule has 2 aliphatic rings. The fraction of sp³-hybridized carbons (Fsp3) is 0.538. The van der Waals surface area contributed by atoms with Gasteiger partial charge in [-0.2, -0.15) is 0 Å². The Balaban J connectivity index is 1.62. The van der Waals surface area contributed by atoms with E-state index in [1.54, 1.807) is 12.3 Å². The summed E-state index contributed by atoms with van der Waals surface area (Å²) in [7, 11) is 0. The maximum atomic E-state index is 11.9. The Morgan fingerprint density at radius 1 is 1.53 bits per heavy atom. The molecule has 90 valence electrons. The van der Waals surface area contributed by atoms with Gasteiger partial charge in [0.25, 0.3) is 5.91 Å². The number of pyridine rings is 1. The highest BCUT2D eigenvalue weighted by Crippen LogP contribution is 2.60. The molecule has 1 aromatic heterocycles. The molecule has 1 amide bonds. The third kappa shape index (κ3) is 2.16. The number of nitrogens with zero attached hydrogens (tertiary/aromatic N) is 1. The average Bonchev–Trinajstić information content (AvgIpc) is 3.17. The van der Waals surface area contributed by atoms with Gasteiger partial charge in [0.2, 0.25) is 0 Å². The van der Waals surface area contributed by atoms with Crippen LogP contribution in [0.3, 0.4) is 0 Å². The summed E-state index contributed by atoms with van der Waals surface area (Å²) in [5.74, 6) is 0.752. The van der Waals surface area contributed by atoms with Gasteiger partial charge in [-0.3, -0.25) is 9.78 Å². The van der Waals surface area contributed by atoms with Crippen LogP contribution in [0.25, 0.3) is 0 Å². The summed E-state index contributed by atoms with van der Waals surface area (Å²) in [6.45, 7) is 0.793. The van der Waals surface area contributed by atoms with E-state index >= 15 is 0 Å². The lowest BCUT2D eigenvalue weighted by Crippen LogP contribution is -2.31. The molecule has 2 saturated carbocycles. The SMILES string of the molecule is O=C(NCC1(C2CC2)CC1)c1cnccc1Cl. The van der Waals surface area contributed by atoms with E-state index in [1.807, 2.05) is 0 Å². The van der Waals surface area contributed by atoms with Gasteiger partial charge in [-0.25, -0.2) is 0 Å². The number of nitrogens with one attached hydrogen (secondary N) is 1. The first-order valence-corrected chi connectivity index (χ1v) is 6.47. The number of aromatic nitrogens is 1. The Morgan fingerprint density at radius 3 is 2.88 bits per heavy atom. The van der Waals surface area contributed by atoms with Crippen molar-refractivity contribution in [3.63, 3.8) is 0 Å². The lowest BCUT2D eigenvalue weighted by atomic mass is 10.0. The van der Waals surface area contributed by atoms with Crippen molar-refractivity contribution in [1.82, 2.24) is 10.3 Å². The fourth-order valence-corrected chi connectivity index (χ4v) is 2.67. The highest BCUT2D eigenvalue weighted by atomic mass is 35.5. The van der Waals surface area contributed by atoms with Crippen LogP contribution in [0.5, 0.6) is 0 Å². The van der Waals surface area contributed by atoms with Crippen molar-refractivity contribution >= 4 is 17.5 Å². The van der Waals surface area contributed by atoms with E-state index in [0.717, 1.165) is 12.5 Å². The van der Waals surface area contributed by atoms with Gasteiger partial charge in [-0.1, -0.05) is 11.6 Å². The van der Waals surface area contributed by atoms with Crippen LogP contribution in [0, 0.1) is 11.3 Å².